The van der Waals surface area contributed by atoms with Gasteiger partial charge in [-0.1, -0.05) is 11.6 Å². The Balaban J connectivity index is 3.24. The Morgan fingerprint density at radius 1 is 1.55 bits per heavy atom. The summed E-state index contributed by atoms with van der Waals surface area (Å²) in [7, 11) is 0. The first-order valence-corrected chi connectivity index (χ1v) is 3.97. The van der Waals surface area contributed by atoms with E-state index in [4.69, 9.17) is 17.4 Å². The molecule has 0 aliphatic rings. The van der Waals surface area contributed by atoms with Crippen molar-refractivity contribution in [3.8, 4) is 5.75 Å². The van der Waals surface area contributed by atoms with E-state index in [0.29, 0.717) is 15.2 Å². The molecular weight excluding hydrogens is 231 g/mol. The highest BCUT2D eigenvalue weighted by atomic mass is 79.9. The van der Waals surface area contributed by atoms with E-state index in [9.17, 15) is 5.11 Å². The molecule has 0 heterocycles. The number of halogens is 2. The molecule has 0 unspecified atom stereocenters. The zero-order valence-corrected chi connectivity index (χ0v) is 7.78. The Labute approximate surface area is 77.3 Å². The maximum Gasteiger partial charge on any atom is 0.154 e. The average molecular weight is 237 g/mol. The summed E-state index contributed by atoms with van der Waals surface area (Å²) >= 11 is 8.77. The van der Waals surface area contributed by atoms with Crippen LogP contribution in [-0.4, -0.2) is 5.11 Å². The van der Waals surface area contributed by atoms with Gasteiger partial charge in [0.05, 0.1) is 10.2 Å². The van der Waals surface area contributed by atoms with Crippen molar-refractivity contribution < 1.29 is 5.11 Å². The van der Waals surface area contributed by atoms with Crippen LogP contribution in [0.3, 0.4) is 0 Å². The molecule has 60 valence electrons. The lowest BCUT2D eigenvalue weighted by Gasteiger charge is -2.04. The first-order valence-electron chi connectivity index (χ1n) is 2.79. The number of hydrogen-bond donors (Lipinski definition) is 3. The zero-order chi connectivity index (χ0) is 8.43. The third kappa shape index (κ3) is 1.77. The van der Waals surface area contributed by atoms with E-state index in [1.807, 2.05) is 0 Å². The summed E-state index contributed by atoms with van der Waals surface area (Å²) in [6.07, 6.45) is 0. The van der Waals surface area contributed by atoms with Crippen molar-refractivity contribution >= 4 is 33.2 Å². The highest BCUT2D eigenvalue weighted by Gasteiger charge is 2.04. The second-order valence-electron chi connectivity index (χ2n) is 1.93. The van der Waals surface area contributed by atoms with Crippen molar-refractivity contribution in [3.05, 3.63) is 21.6 Å². The smallest absolute Gasteiger partial charge is 0.154 e. The van der Waals surface area contributed by atoms with Crippen molar-refractivity contribution in [2.45, 2.75) is 0 Å². The van der Waals surface area contributed by atoms with Crippen molar-refractivity contribution in [2.24, 2.45) is 5.84 Å². The molecule has 11 heavy (non-hydrogen) atoms. The lowest BCUT2D eigenvalue weighted by Crippen LogP contribution is -2.06. The third-order valence-corrected chi connectivity index (χ3v) is 2.01. The van der Waals surface area contributed by atoms with E-state index in [0.717, 1.165) is 0 Å². The number of aromatic hydroxyl groups is 1. The first-order chi connectivity index (χ1) is 5.15. The van der Waals surface area contributed by atoms with E-state index in [-0.39, 0.29) is 5.75 Å². The van der Waals surface area contributed by atoms with Gasteiger partial charge in [-0.05, 0) is 28.1 Å². The van der Waals surface area contributed by atoms with Crippen LogP contribution in [-0.2, 0) is 0 Å². The van der Waals surface area contributed by atoms with Crippen molar-refractivity contribution in [2.75, 3.05) is 5.43 Å². The van der Waals surface area contributed by atoms with E-state index in [1.54, 1.807) is 6.07 Å². The summed E-state index contributed by atoms with van der Waals surface area (Å²) in [6.45, 7) is 0. The SMILES string of the molecule is NNc1cc(Cl)cc(Br)c1O. The molecule has 0 aromatic heterocycles. The molecule has 0 atom stereocenters. The Morgan fingerprint density at radius 3 is 2.73 bits per heavy atom. The van der Waals surface area contributed by atoms with Crippen LogP contribution in [0.5, 0.6) is 5.75 Å². The van der Waals surface area contributed by atoms with Gasteiger partial charge in [-0.3, -0.25) is 5.84 Å². The number of hydrazine groups is 1. The fourth-order valence-corrected chi connectivity index (χ4v) is 1.49. The Kier molecular flexibility index (Phi) is 2.59. The quantitative estimate of drug-likeness (QED) is 0.398. The van der Waals surface area contributed by atoms with E-state index >= 15 is 0 Å². The second-order valence-corrected chi connectivity index (χ2v) is 3.22. The molecule has 5 heteroatoms. The van der Waals surface area contributed by atoms with Crippen LogP contribution in [0.2, 0.25) is 5.02 Å². The van der Waals surface area contributed by atoms with Gasteiger partial charge in [0.2, 0.25) is 0 Å². The Hall–Kier alpha value is -0.450. The molecule has 1 aromatic carbocycles. The van der Waals surface area contributed by atoms with Gasteiger partial charge in [0.25, 0.3) is 0 Å². The van der Waals surface area contributed by atoms with Crippen LogP contribution < -0.4 is 11.3 Å². The standard InChI is InChI=1S/C6H6BrClN2O/c7-4-1-3(8)2-5(10-9)6(4)11/h1-2,10-11H,9H2. The molecule has 1 rings (SSSR count). The molecule has 0 amide bonds. The topological polar surface area (TPSA) is 58.3 Å². The summed E-state index contributed by atoms with van der Waals surface area (Å²) in [4.78, 5) is 0. The zero-order valence-electron chi connectivity index (χ0n) is 5.44. The molecule has 0 spiro atoms. The fraction of sp³-hybridized carbons (Fsp3) is 0. The molecular formula is C6H6BrClN2O. The summed E-state index contributed by atoms with van der Waals surface area (Å²) in [6, 6.07) is 3.11. The first kappa shape index (κ1) is 8.64. The average Bonchev–Trinajstić information content (AvgIpc) is 1.96. The number of phenols is 1. The van der Waals surface area contributed by atoms with Crippen LogP contribution in [0.25, 0.3) is 0 Å². The minimum Gasteiger partial charge on any atom is -0.505 e. The van der Waals surface area contributed by atoms with Gasteiger partial charge in [-0.25, -0.2) is 0 Å². The van der Waals surface area contributed by atoms with Crippen molar-refractivity contribution in [1.82, 2.24) is 0 Å². The minimum atomic E-state index is 0.0527. The summed E-state index contributed by atoms with van der Waals surface area (Å²) < 4.78 is 0.512. The molecule has 0 aliphatic heterocycles. The highest BCUT2D eigenvalue weighted by Crippen LogP contribution is 2.34. The van der Waals surface area contributed by atoms with Gasteiger partial charge in [0.1, 0.15) is 0 Å². The number of phenolic OH excluding ortho intramolecular Hbond substituents is 1. The lowest BCUT2D eigenvalue weighted by molar-refractivity contribution is 0.474. The molecule has 0 radical (unpaired) electrons. The maximum atomic E-state index is 9.27. The van der Waals surface area contributed by atoms with Crippen LogP contribution in [0, 0.1) is 0 Å². The van der Waals surface area contributed by atoms with Gasteiger partial charge < -0.3 is 10.5 Å². The molecule has 4 N–H and O–H groups in total. The fourth-order valence-electron chi connectivity index (χ4n) is 0.676. The third-order valence-electron chi connectivity index (χ3n) is 1.18. The van der Waals surface area contributed by atoms with Crippen molar-refractivity contribution in [1.29, 1.82) is 0 Å². The predicted molar refractivity (Wildman–Crippen MR) is 48.6 cm³/mol. The van der Waals surface area contributed by atoms with E-state index in [1.165, 1.54) is 6.07 Å². The normalized spacial score (nSPS) is 9.73. The maximum absolute atomic E-state index is 9.27. The molecule has 0 bridgehead atoms. The second kappa shape index (κ2) is 3.30. The summed E-state index contributed by atoms with van der Waals surface area (Å²) in [5, 5.41) is 9.78. The highest BCUT2D eigenvalue weighted by molar-refractivity contribution is 9.10. The van der Waals surface area contributed by atoms with Crippen LogP contribution >= 0.6 is 27.5 Å². The van der Waals surface area contributed by atoms with Gasteiger partial charge >= 0.3 is 0 Å². The number of rotatable bonds is 1. The Morgan fingerprint density at radius 2 is 2.18 bits per heavy atom. The monoisotopic (exact) mass is 236 g/mol. The van der Waals surface area contributed by atoms with Crippen LogP contribution in [0.4, 0.5) is 5.69 Å². The molecule has 0 saturated heterocycles. The number of anilines is 1. The van der Waals surface area contributed by atoms with Crippen LogP contribution in [0.15, 0.2) is 16.6 Å². The molecule has 0 aliphatic carbocycles. The predicted octanol–water partition coefficient (Wildman–Crippen LogP) is 2.09. The number of nitrogens with one attached hydrogen (secondary N) is 1. The van der Waals surface area contributed by atoms with E-state index < -0.39 is 0 Å². The molecule has 0 fully saturated rings. The van der Waals surface area contributed by atoms with Gasteiger partial charge in [0, 0.05) is 5.02 Å². The van der Waals surface area contributed by atoms with Crippen molar-refractivity contribution in [3.63, 3.8) is 0 Å². The minimum absolute atomic E-state index is 0.0527. The molecule has 3 nitrogen and oxygen atoms in total. The van der Waals surface area contributed by atoms with Crippen LogP contribution in [0.1, 0.15) is 0 Å². The number of benzene rings is 1. The largest absolute Gasteiger partial charge is 0.505 e. The lowest BCUT2D eigenvalue weighted by atomic mass is 10.3. The van der Waals surface area contributed by atoms with E-state index in [2.05, 4.69) is 21.4 Å². The molecule has 1 aromatic rings. The summed E-state index contributed by atoms with van der Waals surface area (Å²) in [5.74, 6) is 5.15. The number of nitrogen functional groups attached to an aromatic ring is 1. The van der Waals surface area contributed by atoms with Gasteiger partial charge in [-0.2, -0.15) is 0 Å². The summed E-state index contributed by atoms with van der Waals surface area (Å²) in [5.41, 5.74) is 2.71. The molecule has 0 saturated carbocycles. The van der Waals surface area contributed by atoms with Gasteiger partial charge in [-0.15, -0.1) is 0 Å². The number of hydrogen-bond acceptors (Lipinski definition) is 3. The number of nitrogens with two attached hydrogens (primary N) is 1. The van der Waals surface area contributed by atoms with Gasteiger partial charge in [0.15, 0.2) is 5.75 Å². The Bertz CT molecular complexity index is 280.